The van der Waals surface area contributed by atoms with Gasteiger partial charge < -0.3 is 0 Å². The first kappa shape index (κ1) is 16.2. The third-order valence-corrected chi connectivity index (χ3v) is 9.42. The Hall–Kier alpha value is -0.330. The highest BCUT2D eigenvalue weighted by Crippen LogP contribution is 2.67. The van der Waals surface area contributed by atoms with Gasteiger partial charge in [-0.25, -0.2) is 0 Å². The molecule has 0 saturated heterocycles. The van der Waals surface area contributed by atoms with Crippen molar-refractivity contribution in [3.05, 3.63) is 0 Å². The van der Waals surface area contributed by atoms with Crippen molar-refractivity contribution in [2.45, 2.75) is 85.5 Å². The maximum atomic E-state index is 12.2. The molecule has 1 heteroatoms. The number of fused-ring (bicyclic) bond motifs is 5. The van der Waals surface area contributed by atoms with Crippen LogP contribution < -0.4 is 0 Å². The summed E-state index contributed by atoms with van der Waals surface area (Å²) in [5, 5.41) is 0. The van der Waals surface area contributed by atoms with Gasteiger partial charge in [-0.3, -0.25) is 4.79 Å². The van der Waals surface area contributed by atoms with Gasteiger partial charge in [0.1, 0.15) is 5.78 Å². The Balaban J connectivity index is 1.61. The molecule has 0 spiro atoms. The van der Waals surface area contributed by atoms with Gasteiger partial charge in [0.25, 0.3) is 0 Å². The van der Waals surface area contributed by atoms with Crippen molar-refractivity contribution in [1.29, 1.82) is 0 Å². The first-order chi connectivity index (χ1) is 10.9. The molecule has 4 saturated carbocycles. The largest absolute Gasteiger partial charge is 0.300 e. The Bertz CT molecular complexity index is 496. The van der Waals surface area contributed by atoms with Crippen molar-refractivity contribution in [2.24, 2.45) is 46.3 Å². The molecule has 0 heterocycles. The van der Waals surface area contributed by atoms with Crippen LogP contribution in [0.25, 0.3) is 0 Å². The summed E-state index contributed by atoms with van der Waals surface area (Å²) in [7, 11) is 0. The average molecular weight is 317 g/mol. The molecule has 130 valence electrons. The molecule has 4 unspecified atom stereocenters. The molecule has 0 aromatic heterocycles. The monoisotopic (exact) mass is 316 g/mol. The van der Waals surface area contributed by atoms with Crippen molar-refractivity contribution in [2.75, 3.05) is 0 Å². The van der Waals surface area contributed by atoms with Crippen LogP contribution in [0.3, 0.4) is 0 Å². The van der Waals surface area contributed by atoms with Crippen LogP contribution in [-0.4, -0.2) is 5.78 Å². The lowest BCUT2D eigenvalue weighted by atomic mass is 9.44. The standard InChI is InChI=1S/C22H36O/c1-14-9-11-21(3)16(13-14)5-6-17-19-8-7-18(15(2)23)22(19,4)12-10-20(17)21/h14,16-20H,5-13H2,1-4H3/t14-,16?,17-,18?,19?,20?,21-,22+/m0/s1. The molecule has 4 rings (SSSR count). The molecule has 0 aromatic rings. The molecule has 8 atom stereocenters. The summed E-state index contributed by atoms with van der Waals surface area (Å²) in [4.78, 5) is 12.2. The van der Waals surface area contributed by atoms with E-state index in [9.17, 15) is 4.79 Å². The maximum absolute atomic E-state index is 12.2. The molecule has 0 aromatic carbocycles. The minimum atomic E-state index is 0.332. The Kier molecular flexibility index (Phi) is 3.75. The van der Waals surface area contributed by atoms with Crippen LogP contribution in [0.15, 0.2) is 0 Å². The van der Waals surface area contributed by atoms with Gasteiger partial charge in [0.2, 0.25) is 0 Å². The van der Waals surface area contributed by atoms with Crippen LogP contribution in [0.4, 0.5) is 0 Å². The zero-order chi connectivity index (χ0) is 16.4. The summed E-state index contributed by atoms with van der Waals surface area (Å²) in [5.41, 5.74) is 0.948. The topological polar surface area (TPSA) is 17.1 Å². The fourth-order valence-corrected chi connectivity index (χ4v) is 8.14. The molecule has 0 bridgehead atoms. The second kappa shape index (κ2) is 5.33. The average Bonchev–Trinajstić information content (AvgIpc) is 2.85. The highest BCUT2D eigenvalue weighted by molar-refractivity contribution is 5.79. The van der Waals surface area contributed by atoms with Crippen LogP contribution in [0.5, 0.6) is 0 Å². The second-order valence-corrected chi connectivity index (χ2v) is 10.3. The highest BCUT2D eigenvalue weighted by atomic mass is 16.1. The summed E-state index contributed by atoms with van der Waals surface area (Å²) in [6.45, 7) is 9.45. The zero-order valence-corrected chi connectivity index (χ0v) is 15.7. The highest BCUT2D eigenvalue weighted by Gasteiger charge is 2.60. The summed E-state index contributed by atoms with van der Waals surface area (Å²) >= 11 is 0. The predicted molar refractivity (Wildman–Crippen MR) is 95.1 cm³/mol. The van der Waals surface area contributed by atoms with E-state index in [0.29, 0.717) is 22.5 Å². The van der Waals surface area contributed by atoms with Crippen LogP contribution in [0.2, 0.25) is 0 Å². The number of carbonyl (C=O) groups excluding carboxylic acids is 1. The summed E-state index contributed by atoms with van der Waals surface area (Å²) in [5.74, 6) is 5.50. The lowest BCUT2D eigenvalue weighted by Crippen LogP contribution is -2.53. The Labute approximate surface area is 143 Å². The fourth-order valence-electron chi connectivity index (χ4n) is 8.14. The number of hydrogen-bond donors (Lipinski definition) is 0. The third-order valence-electron chi connectivity index (χ3n) is 9.42. The molecule has 4 aliphatic carbocycles. The molecule has 0 amide bonds. The van der Waals surface area contributed by atoms with Crippen molar-refractivity contribution in [1.82, 2.24) is 0 Å². The van der Waals surface area contributed by atoms with Crippen LogP contribution in [0, 0.1) is 46.3 Å². The number of rotatable bonds is 1. The van der Waals surface area contributed by atoms with E-state index in [2.05, 4.69) is 20.8 Å². The number of carbonyl (C=O) groups is 1. The van der Waals surface area contributed by atoms with Gasteiger partial charge in [0, 0.05) is 5.92 Å². The number of hydrogen-bond acceptors (Lipinski definition) is 1. The smallest absolute Gasteiger partial charge is 0.133 e. The van der Waals surface area contributed by atoms with Gasteiger partial charge in [0.15, 0.2) is 0 Å². The van der Waals surface area contributed by atoms with E-state index in [1.54, 1.807) is 0 Å². The number of ketones is 1. The molecule has 0 N–H and O–H groups in total. The van der Waals surface area contributed by atoms with Crippen molar-refractivity contribution >= 4 is 5.78 Å². The van der Waals surface area contributed by atoms with E-state index in [0.717, 1.165) is 29.6 Å². The molecule has 4 aliphatic rings. The first-order valence-electron chi connectivity index (χ1n) is 10.4. The fraction of sp³-hybridized carbons (Fsp3) is 0.955. The van der Waals surface area contributed by atoms with Gasteiger partial charge >= 0.3 is 0 Å². The molecule has 23 heavy (non-hydrogen) atoms. The van der Waals surface area contributed by atoms with Gasteiger partial charge in [-0.05, 0) is 98.7 Å². The van der Waals surface area contributed by atoms with E-state index in [4.69, 9.17) is 0 Å². The maximum Gasteiger partial charge on any atom is 0.133 e. The molecular weight excluding hydrogens is 280 g/mol. The van der Waals surface area contributed by atoms with Crippen molar-refractivity contribution in [3.8, 4) is 0 Å². The molecule has 1 nitrogen and oxygen atoms in total. The second-order valence-electron chi connectivity index (χ2n) is 10.3. The Morgan fingerprint density at radius 2 is 1.57 bits per heavy atom. The van der Waals surface area contributed by atoms with E-state index < -0.39 is 0 Å². The molecule has 0 aliphatic heterocycles. The SMILES string of the molecule is CC(=O)C1CCC2[C@@H]3CCC4C[C@@H](C)CC[C@]4(C)C3CC[C@]12C. The van der Waals surface area contributed by atoms with Crippen LogP contribution in [-0.2, 0) is 4.79 Å². The van der Waals surface area contributed by atoms with E-state index >= 15 is 0 Å². The van der Waals surface area contributed by atoms with E-state index in [-0.39, 0.29) is 0 Å². The number of Topliss-reactive ketones (excluding diaryl/α,β-unsaturated/α-hetero) is 1. The van der Waals surface area contributed by atoms with Gasteiger partial charge in [-0.2, -0.15) is 0 Å². The minimum absolute atomic E-state index is 0.332. The van der Waals surface area contributed by atoms with E-state index in [1.807, 2.05) is 6.92 Å². The lowest BCUT2D eigenvalue weighted by Gasteiger charge is -2.61. The molecule has 0 radical (unpaired) electrons. The van der Waals surface area contributed by atoms with E-state index in [1.165, 1.54) is 57.8 Å². The van der Waals surface area contributed by atoms with Gasteiger partial charge in [0.05, 0.1) is 0 Å². The van der Waals surface area contributed by atoms with Gasteiger partial charge in [-0.1, -0.05) is 27.2 Å². The Morgan fingerprint density at radius 3 is 2.30 bits per heavy atom. The minimum Gasteiger partial charge on any atom is -0.300 e. The summed E-state index contributed by atoms with van der Waals surface area (Å²) in [6.07, 6.45) is 12.6. The van der Waals surface area contributed by atoms with Crippen LogP contribution >= 0.6 is 0 Å². The predicted octanol–water partition coefficient (Wildman–Crippen LogP) is 5.87. The quantitative estimate of drug-likeness (QED) is 0.591. The van der Waals surface area contributed by atoms with Crippen molar-refractivity contribution in [3.63, 3.8) is 0 Å². The third kappa shape index (κ3) is 2.20. The van der Waals surface area contributed by atoms with Crippen molar-refractivity contribution < 1.29 is 4.79 Å². The van der Waals surface area contributed by atoms with Crippen LogP contribution in [0.1, 0.15) is 85.5 Å². The summed E-state index contributed by atoms with van der Waals surface area (Å²) < 4.78 is 0. The lowest BCUT2D eigenvalue weighted by molar-refractivity contribution is -0.135. The summed E-state index contributed by atoms with van der Waals surface area (Å²) in [6, 6.07) is 0. The first-order valence-corrected chi connectivity index (χ1v) is 10.4. The Morgan fingerprint density at radius 1 is 0.870 bits per heavy atom. The normalized spacial score (nSPS) is 55.7. The molecular formula is C22H36O. The van der Waals surface area contributed by atoms with Gasteiger partial charge in [-0.15, -0.1) is 0 Å². The molecule has 4 fully saturated rings. The zero-order valence-electron chi connectivity index (χ0n) is 15.7.